The van der Waals surface area contributed by atoms with E-state index in [2.05, 4.69) is 5.32 Å². The maximum atomic E-state index is 12.7. The Morgan fingerprint density at radius 3 is 2.13 bits per heavy atom. The molecule has 0 radical (unpaired) electrons. The fourth-order valence-corrected chi connectivity index (χ4v) is 4.20. The van der Waals surface area contributed by atoms with Crippen molar-refractivity contribution in [2.24, 2.45) is 0 Å². The van der Waals surface area contributed by atoms with E-state index in [9.17, 15) is 26.4 Å². The van der Waals surface area contributed by atoms with E-state index in [1.165, 1.54) is 41.7 Å². The molecule has 1 unspecified atom stereocenters. The maximum Gasteiger partial charge on any atom is 0.416 e. The molecule has 1 N–H and O–H groups in total. The van der Waals surface area contributed by atoms with Gasteiger partial charge in [0.2, 0.25) is 10.0 Å². The molecule has 0 aliphatic rings. The van der Waals surface area contributed by atoms with Crippen LogP contribution in [0, 0.1) is 0 Å². The Balaban J connectivity index is 2.27. The number of amides is 1. The molecule has 5 nitrogen and oxygen atoms in total. The number of hydrogen-bond acceptors (Lipinski definition) is 3. The van der Waals surface area contributed by atoms with Gasteiger partial charge in [-0.15, -0.1) is 0 Å². The number of nitrogens with one attached hydrogen (secondary N) is 1. The smallest absolute Gasteiger partial charge is 0.345 e. The van der Waals surface area contributed by atoms with Gasteiger partial charge in [0.1, 0.15) is 0 Å². The number of sulfonamides is 1. The zero-order valence-electron chi connectivity index (χ0n) is 16.8. The van der Waals surface area contributed by atoms with Gasteiger partial charge in [-0.05, 0) is 56.7 Å². The van der Waals surface area contributed by atoms with Crippen molar-refractivity contribution in [1.82, 2.24) is 9.62 Å². The normalized spacial score (nSPS) is 13.5. The number of alkyl halides is 3. The van der Waals surface area contributed by atoms with Crippen LogP contribution in [0.1, 0.15) is 48.3 Å². The van der Waals surface area contributed by atoms with Gasteiger partial charge in [0.05, 0.1) is 27.1 Å². The highest BCUT2D eigenvalue weighted by Crippen LogP contribution is 2.30. The van der Waals surface area contributed by atoms with E-state index in [4.69, 9.17) is 11.6 Å². The molecule has 0 saturated heterocycles. The summed E-state index contributed by atoms with van der Waals surface area (Å²) >= 11 is 6.09. The van der Waals surface area contributed by atoms with E-state index >= 15 is 0 Å². The van der Waals surface area contributed by atoms with Gasteiger partial charge in [-0.3, -0.25) is 4.79 Å². The molecule has 0 aliphatic heterocycles. The Morgan fingerprint density at radius 2 is 1.63 bits per heavy atom. The van der Waals surface area contributed by atoms with Crippen LogP contribution in [-0.2, 0) is 16.2 Å². The van der Waals surface area contributed by atoms with Crippen LogP contribution in [0.3, 0.4) is 0 Å². The topological polar surface area (TPSA) is 66.5 Å². The van der Waals surface area contributed by atoms with Gasteiger partial charge in [0.15, 0.2) is 0 Å². The van der Waals surface area contributed by atoms with Crippen molar-refractivity contribution < 1.29 is 26.4 Å². The molecular formula is C20H22ClF3N2O3S. The standard InChI is InChI=1S/C20H22ClF3N2O3S/c1-12(2)26(4)30(28,29)16-9-10-18(21)17(11-16)19(27)25-13(3)14-5-7-15(8-6-14)20(22,23)24/h5-13H,1-4H3,(H,25,27). The number of halogens is 4. The molecule has 1 atom stereocenters. The van der Waals surface area contributed by atoms with Gasteiger partial charge in [-0.25, -0.2) is 8.42 Å². The number of carbonyl (C=O) groups excluding carboxylic acids is 1. The van der Waals surface area contributed by atoms with Crippen molar-refractivity contribution in [2.75, 3.05) is 7.05 Å². The third kappa shape index (κ3) is 5.33. The van der Waals surface area contributed by atoms with E-state index in [0.717, 1.165) is 12.1 Å². The lowest BCUT2D eigenvalue weighted by atomic mass is 10.1. The molecule has 0 saturated carbocycles. The maximum absolute atomic E-state index is 12.7. The Morgan fingerprint density at radius 1 is 1.07 bits per heavy atom. The van der Waals surface area contributed by atoms with Crippen LogP contribution in [0.5, 0.6) is 0 Å². The predicted molar refractivity (Wildman–Crippen MR) is 109 cm³/mol. The summed E-state index contributed by atoms with van der Waals surface area (Å²) in [6.07, 6.45) is -4.45. The largest absolute Gasteiger partial charge is 0.416 e. The van der Waals surface area contributed by atoms with Crippen LogP contribution in [0.15, 0.2) is 47.4 Å². The summed E-state index contributed by atoms with van der Waals surface area (Å²) in [6, 6.07) is 7.30. The van der Waals surface area contributed by atoms with Crippen molar-refractivity contribution in [3.63, 3.8) is 0 Å². The first-order chi connectivity index (χ1) is 13.7. The first-order valence-corrected chi connectivity index (χ1v) is 10.8. The quantitative estimate of drug-likeness (QED) is 0.665. The van der Waals surface area contributed by atoms with Gasteiger partial charge >= 0.3 is 6.18 Å². The van der Waals surface area contributed by atoms with Gasteiger partial charge in [-0.2, -0.15) is 17.5 Å². The summed E-state index contributed by atoms with van der Waals surface area (Å²) in [4.78, 5) is 12.6. The zero-order chi connectivity index (χ0) is 22.9. The van der Waals surface area contributed by atoms with E-state index in [-0.39, 0.29) is 21.5 Å². The Hall–Kier alpha value is -2.10. The van der Waals surface area contributed by atoms with E-state index < -0.39 is 33.7 Å². The highest BCUT2D eigenvalue weighted by molar-refractivity contribution is 7.89. The van der Waals surface area contributed by atoms with Crippen LogP contribution in [0.25, 0.3) is 0 Å². The lowest BCUT2D eigenvalue weighted by molar-refractivity contribution is -0.137. The zero-order valence-corrected chi connectivity index (χ0v) is 18.4. The lowest BCUT2D eigenvalue weighted by Gasteiger charge is -2.21. The Kier molecular flexibility index (Phi) is 7.21. The second-order valence-corrected chi connectivity index (χ2v) is 9.48. The van der Waals surface area contributed by atoms with Crippen LogP contribution in [0.4, 0.5) is 13.2 Å². The molecule has 0 aromatic heterocycles. The molecule has 30 heavy (non-hydrogen) atoms. The summed E-state index contributed by atoms with van der Waals surface area (Å²) in [6.45, 7) is 5.03. The van der Waals surface area contributed by atoms with Crippen LogP contribution in [-0.4, -0.2) is 31.7 Å². The molecule has 0 fully saturated rings. The van der Waals surface area contributed by atoms with E-state index in [1.54, 1.807) is 20.8 Å². The van der Waals surface area contributed by atoms with E-state index in [1.807, 2.05) is 0 Å². The van der Waals surface area contributed by atoms with Crippen molar-refractivity contribution >= 4 is 27.5 Å². The minimum Gasteiger partial charge on any atom is -0.345 e. The van der Waals surface area contributed by atoms with Crippen molar-refractivity contribution in [1.29, 1.82) is 0 Å². The first-order valence-electron chi connectivity index (χ1n) is 9.00. The van der Waals surface area contributed by atoms with Crippen molar-refractivity contribution in [2.45, 2.75) is 43.9 Å². The third-order valence-electron chi connectivity index (χ3n) is 4.67. The Bertz CT molecular complexity index is 1020. The minimum absolute atomic E-state index is 0.0475. The molecule has 0 spiro atoms. The van der Waals surface area contributed by atoms with Gasteiger partial charge in [-0.1, -0.05) is 23.7 Å². The SMILES string of the molecule is CC(NC(=O)c1cc(S(=O)(=O)N(C)C(C)C)ccc1Cl)c1ccc(C(F)(F)F)cc1. The third-order valence-corrected chi connectivity index (χ3v) is 7.03. The summed E-state index contributed by atoms with van der Waals surface area (Å²) in [5.41, 5.74) is -0.385. The summed E-state index contributed by atoms with van der Waals surface area (Å²) in [5.74, 6) is -0.642. The highest BCUT2D eigenvalue weighted by atomic mass is 35.5. The predicted octanol–water partition coefficient (Wildman–Crippen LogP) is 4.88. The average Bonchev–Trinajstić information content (AvgIpc) is 2.66. The number of benzene rings is 2. The van der Waals surface area contributed by atoms with Crippen LogP contribution >= 0.6 is 11.6 Å². The van der Waals surface area contributed by atoms with Gasteiger partial charge in [0.25, 0.3) is 5.91 Å². The fraction of sp³-hybridized carbons (Fsp3) is 0.350. The van der Waals surface area contributed by atoms with Crippen LogP contribution < -0.4 is 5.32 Å². The average molecular weight is 463 g/mol. The monoisotopic (exact) mass is 462 g/mol. The molecule has 164 valence electrons. The van der Waals surface area contributed by atoms with Gasteiger partial charge in [0, 0.05) is 13.1 Å². The summed E-state index contributed by atoms with van der Waals surface area (Å²) < 4.78 is 64.6. The minimum atomic E-state index is -4.45. The highest BCUT2D eigenvalue weighted by Gasteiger charge is 2.30. The van der Waals surface area contributed by atoms with Crippen molar-refractivity contribution in [3.05, 3.63) is 64.2 Å². The van der Waals surface area contributed by atoms with Gasteiger partial charge < -0.3 is 5.32 Å². The molecule has 10 heteroatoms. The molecular weight excluding hydrogens is 441 g/mol. The number of hydrogen-bond donors (Lipinski definition) is 1. The Labute approximate surface area is 178 Å². The second-order valence-electron chi connectivity index (χ2n) is 7.07. The fourth-order valence-electron chi connectivity index (χ4n) is 2.60. The molecule has 0 bridgehead atoms. The number of nitrogens with zero attached hydrogens (tertiary/aromatic N) is 1. The van der Waals surface area contributed by atoms with E-state index in [0.29, 0.717) is 5.56 Å². The molecule has 1 amide bonds. The number of carbonyl (C=O) groups is 1. The molecule has 2 rings (SSSR count). The van der Waals surface area contributed by atoms with Crippen LogP contribution in [0.2, 0.25) is 5.02 Å². The van der Waals surface area contributed by atoms with Crippen molar-refractivity contribution in [3.8, 4) is 0 Å². The summed E-state index contributed by atoms with van der Waals surface area (Å²) in [7, 11) is -2.39. The summed E-state index contributed by atoms with van der Waals surface area (Å²) in [5, 5.41) is 2.68. The lowest BCUT2D eigenvalue weighted by Crippen LogP contribution is -2.33. The molecule has 0 heterocycles. The molecule has 2 aromatic rings. The molecule has 2 aromatic carbocycles. The molecule has 0 aliphatic carbocycles. The number of rotatable bonds is 6. The second kappa shape index (κ2) is 8.95. The first kappa shape index (κ1) is 24.2.